The van der Waals surface area contributed by atoms with Gasteiger partial charge in [-0.15, -0.1) is 0 Å². The van der Waals surface area contributed by atoms with Gasteiger partial charge in [0, 0.05) is 30.9 Å². The lowest BCUT2D eigenvalue weighted by Crippen LogP contribution is -2.61. The number of hydrogen-bond acceptors (Lipinski definition) is 8. The minimum atomic E-state index is -0.842. The largest absolute Gasteiger partial charge is 0.393 e. The van der Waals surface area contributed by atoms with Crippen LogP contribution in [0.25, 0.3) is 10.3 Å². The number of hydrogen-bond donors (Lipinski definition) is 3. The van der Waals surface area contributed by atoms with E-state index in [1.54, 1.807) is 17.9 Å². The third-order valence-corrected chi connectivity index (χ3v) is 10.6. The lowest BCUT2D eigenvalue weighted by atomic mass is 9.71. The molecule has 2 saturated heterocycles. The number of nitrogens with zero attached hydrogens (tertiary/aromatic N) is 4. The van der Waals surface area contributed by atoms with Crippen LogP contribution in [0.15, 0.2) is 30.3 Å². The number of rotatable bonds is 7. The molecule has 0 radical (unpaired) electrons. The molecule has 2 atom stereocenters. The number of carbonyl (C=O) groups excluding carboxylic acids is 2. The number of amides is 2. The maximum absolute atomic E-state index is 13.7. The van der Waals surface area contributed by atoms with Crippen molar-refractivity contribution in [1.82, 2.24) is 25.1 Å². The van der Waals surface area contributed by atoms with Gasteiger partial charge in [0.05, 0.1) is 30.8 Å². The van der Waals surface area contributed by atoms with Gasteiger partial charge in [0.25, 0.3) is 11.8 Å². The molecule has 0 spiro atoms. The molecular formula is C34H45N5O4S. The second-order valence-corrected chi connectivity index (χ2v) is 15.4. The molecule has 4 heterocycles. The third kappa shape index (κ3) is 6.83. The zero-order valence-electron chi connectivity index (χ0n) is 26.3. The highest BCUT2D eigenvalue weighted by atomic mass is 32.1. The quantitative estimate of drug-likeness (QED) is 0.360. The molecule has 3 aromatic rings. The van der Waals surface area contributed by atoms with E-state index in [0.29, 0.717) is 36.0 Å². The Morgan fingerprint density at radius 2 is 1.89 bits per heavy atom. The fourth-order valence-electron chi connectivity index (χ4n) is 6.84. The van der Waals surface area contributed by atoms with Gasteiger partial charge in [-0.3, -0.25) is 9.59 Å². The van der Waals surface area contributed by atoms with Crippen LogP contribution in [0.5, 0.6) is 0 Å². The monoisotopic (exact) mass is 619 g/mol. The van der Waals surface area contributed by atoms with Gasteiger partial charge in [-0.25, -0.2) is 9.97 Å². The molecule has 0 bridgehead atoms. The predicted molar refractivity (Wildman–Crippen MR) is 172 cm³/mol. The Kier molecular flexibility index (Phi) is 8.56. The van der Waals surface area contributed by atoms with Gasteiger partial charge >= 0.3 is 0 Å². The van der Waals surface area contributed by atoms with Crippen LogP contribution in [0.1, 0.15) is 96.4 Å². The summed E-state index contributed by atoms with van der Waals surface area (Å²) in [6.45, 7) is 11.6. The average Bonchev–Trinajstić information content (AvgIpc) is 3.39. The number of benzene rings is 1. The van der Waals surface area contributed by atoms with E-state index in [2.05, 4.69) is 37.1 Å². The zero-order valence-corrected chi connectivity index (χ0v) is 27.1. The normalized spacial score (nSPS) is 21.5. The topological polar surface area (TPSA) is 119 Å². The van der Waals surface area contributed by atoms with Gasteiger partial charge in [0.15, 0.2) is 5.01 Å². The van der Waals surface area contributed by atoms with Gasteiger partial charge in [-0.1, -0.05) is 44.2 Å². The molecule has 236 valence electrons. The van der Waals surface area contributed by atoms with E-state index in [1.165, 1.54) is 16.9 Å². The van der Waals surface area contributed by atoms with Crippen molar-refractivity contribution in [2.45, 2.75) is 84.0 Å². The van der Waals surface area contributed by atoms with Gasteiger partial charge in [-0.2, -0.15) is 0 Å². The van der Waals surface area contributed by atoms with Crippen molar-refractivity contribution >= 4 is 33.5 Å². The fourth-order valence-corrected chi connectivity index (χ4v) is 7.68. The molecule has 0 saturated carbocycles. The number of β-amino-alcohol motifs (C(OH)–C–C–N with tert-alkyl or cyclic N) is 1. The van der Waals surface area contributed by atoms with Crippen molar-refractivity contribution in [2.24, 2.45) is 11.3 Å². The van der Waals surface area contributed by atoms with Crippen LogP contribution >= 0.6 is 11.3 Å². The number of nitrogens with one attached hydrogen (secondary N) is 1. The van der Waals surface area contributed by atoms with Gasteiger partial charge in [0.2, 0.25) is 0 Å². The summed E-state index contributed by atoms with van der Waals surface area (Å²) >= 11 is 1.33. The fraction of sp³-hybridized carbons (Fsp3) is 0.588. The minimum Gasteiger partial charge on any atom is -0.393 e. The van der Waals surface area contributed by atoms with Gasteiger partial charge < -0.3 is 25.3 Å². The third-order valence-electron chi connectivity index (χ3n) is 9.65. The maximum atomic E-state index is 13.7. The second-order valence-electron chi connectivity index (χ2n) is 14.4. The molecular weight excluding hydrogens is 574 g/mol. The highest BCUT2D eigenvalue weighted by Gasteiger charge is 2.39. The van der Waals surface area contributed by atoms with Crippen molar-refractivity contribution in [1.29, 1.82) is 0 Å². The number of aliphatic hydroxyl groups is 2. The number of likely N-dealkylation sites (tertiary alicyclic amines) is 2. The number of aromatic nitrogens is 2. The molecule has 1 aromatic carbocycles. The van der Waals surface area contributed by atoms with Gasteiger partial charge in [0.1, 0.15) is 10.3 Å². The number of aliphatic hydroxyl groups excluding tert-OH is 1. The first-order valence-corrected chi connectivity index (χ1v) is 16.8. The predicted octanol–water partition coefficient (Wildman–Crippen LogP) is 4.37. The Balaban J connectivity index is 1.21. The van der Waals surface area contributed by atoms with E-state index in [0.717, 1.165) is 73.3 Å². The number of piperidine rings is 1. The van der Waals surface area contributed by atoms with E-state index in [4.69, 9.17) is 9.97 Å². The van der Waals surface area contributed by atoms with Crippen LogP contribution < -0.4 is 5.32 Å². The molecule has 2 aromatic heterocycles. The average molecular weight is 620 g/mol. The molecule has 6 rings (SSSR count). The molecule has 2 aliphatic heterocycles. The van der Waals surface area contributed by atoms with E-state index in [1.807, 2.05) is 18.2 Å². The molecule has 0 unspecified atom stereocenters. The summed E-state index contributed by atoms with van der Waals surface area (Å²) < 4.78 is 0. The first-order chi connectivity index (χ1) is 20.8. The molecule has 3 aliphatic rings. The molecule has 44 heavy (non-hydrogen) atoms. The van der Waals surface area contributed by atoms with E-state index in [9.17, 15) is 19.8 Å². The summed E-state index contributed by atoms with van der Waals surface area (Å²) in [5.41, 5.74) is 3.94. The first-order valence-electron chi connectivity index (χ1n) is 16.0. The van der Waals surface area contributed by atoms with Crippen LogP contribution in [0.2, 0.25) is 0 Å². The summed E-state index contributed by atoms with van der Waals surface area (Å²) in [4.78, 5) is 41.3. The maximum Gasteiger partial charge on any atom is 0.280 e. The van der Waals surface area contributed by atoms with Crippen LogP contribution in [-0.4, -0.2) is 86.2 Å². The Labute approximate surface area is 263 Å². The van der Waals surface area contributed by atoms with Crippen molar-refractivity contribution < 1.29 is 19.8 Å². The summed E-state index contributed by atoms with van der Waals surface area (Å²) in [6.07, 6.45) is 4.97. The zero-order chi connectivity index (χ0) is 31.2. The van der Waals surface area contributed by atoms with Crippen molar-refractivity contribution in [2.75, 3.05) is 32.7 Å². The van der Waals surface area contributed by atoms with Gasteiger partial charge in [-0.05, 0) is 86.1 Å². The summed E-state index contributed by atoms with van der Waals surface area (Å²) in [6, 6.07) is 9.26. The Bertz CT molecular complexity index is 1530. The van der Waals surface area contributed by atoms with Crippen molar-refractivity contribution in [3.63, 3.8) is 0 Å². The summed E-state index contributed by atoms with van der Waals surface area (Å²) in [5, 5.41) is 23.7. The smallest absolute Gasteiger partial charge is 0.280 e. The Morgan fingerprint density at radius 3 is 2.59 bits per heavy atom. The Hall–Kier alpha value is -2.92. The highest BCUT2D eigenvalue weighted by molar-refractivity contribution is 7.19. The lowest BCUT2D eigenvalue weighted by molar-refractivity contribution is -0.0668. The molecule has 10 heteroatoms. The summed E-state index contributed by atoms with van der Waals surface area (Å²) in [5.74, 6) is 0.230. The number of thiazole rings is 1. The summed E-state index contributed by atoms with van der Waals surface area (Å²) in [7, 11) is 0. The molecule has 2 amide bonds. The van der Waals surface area contributed by atoms with Crippen LogP contribution in [0.3, 0.4) is 0 Å². The second kappa shape index (κ2) is 12.1. The minimum absolute atomic E-state index is 0.122. The van der Waals surface area contributed by atoms with E-state index < -0.39 is 5.60 Å². The molecule has 1 aliphatic carbocycles. The number of pyridine rings is 1. The molecule has 2 fully saturated rings. The number of aryl methyl sites for hydroxylation is 1. The Morgan fingerprint density at radius 1 is 1.14 bits per heavy atom. The lowest BCUT2D eigenvalue weighted by Gasteiger charge is -2.44. The van der Waals surface area contributed by atoms with Crippen LogP contribution in [0.4, 0.5) is 0 Å². The SMILES string of the molecule is CC1(O)CN(C(=O)c2cccc([C@@H](CCN3CCC(O)CC3)NC(=O)c3nc4cc5c(nc4s3)CC[C@H](C(C)(C)C)C5)c2)C1. The first kappa shape index (κ1) is 31.1. The standard InChI is InChI=1S/C34H45N5O4S/c1-33(2,3)24-8-9-26-23(17-24)18-28-30(36-26)44-31(37-28)29(41)35-27(12-15-38-13-10-25(40)11-14-38)21-6-5-7-22(16-21)32(42)39-19-34(4,43)20-39/h5-7,16,18,24-25,27,40,43H,8-15,17,19-20H2,1-4H3,(H,35,41)/t24-,27+/m0/s1. The van der Waals surface area contributed by atoms with Crippen molar-refractivity contribution in [3.05, 3.63) is 57.7 Å². The van der Waals surface area contributed by atoms with E-state index in [-0.39, 0.29) is 29.4 Å². The molecule has 9 nitrogen and oxygen atoms in total. The van der Waals surface area contributed by atoms with Crippen molar-refractivity contribution in [3.8, 4) is 0 Å². The van der Waals surface area contributed by atoms with Crippen LogP contribution in [-0.2, 0) is 12.8 Å². The number of carbonyl (C=O) groups is 2. The molecule has 3 N–H and O–H groups in total. The van der Waals surface area contributed by atoms with Crippen LogP contribution in [0, 0.1) is 11.3 Å². The highest BCUT2D eigenvalue weighted by Crippen LogP contribution is 2.38. The number of fused-ring (bicyclic) bond motifs is 2. The van der Waals surface area contributed by atoms with E-state index >= 15 is 0 Å².